The molecule has 0 atom stereocenters. The predicted molar refractivity (Wildman–Crippen MR) is 127 cm³/mol. The van der Waals surface area contributed by atoms with Crippen LogP contribution in [0.1, 0.15) is 37.9 Å². The van der Waals surface area contributed by atoms with Crippen molar-refractivity contribution in [2.45, 2.75) is 20.8 Å². The summed E-state index contributed by atoms with van der Waals surface area (Å²) in [5.74, 6) is 0.430. The number of hydrogen-bond donors (Lipinski definition) is 0. The third-order valence-corrected chi connectivity index (χ3v) is 6.49. The van der Waals surface area contributed by atoms with Gasteiger partial charge in [0.05, 0.1) is 32.9 Å². The van der Waals surface area contributed by atoms with E-state index >= 15 is 0 Å². The van der Waals surface area contributed by atoms with E-state index in [0.29, 0.717) is 54.3 Å². The van der Waals surface area contributed by atoms with Crippen LogP contribution >= 0.6 is 11.6 Å². The molecule has 4 heterocycles. The number of amides is 2. The second-order valence-electron chi connectivity index (χ2n) is 8.54. The summed E-state index contributed by atoms with van der Waals surface area (Å²) in [4.78, 5) is 34.3. The minimum Gasteiger partial charge on any atom is -0.466 e. The molecule has 1 aromatic carbocycles. The van der Waals surface area contributed by atoms with E-state index in [-0.39, 0.29) is 28.1 Å². The summed E-state index contributed by atoms with van der Waals surface area (Å²) in [6.07, 6.45) is 0. The molecule has 1 saturated heterocycles. The summed E-state index contributed by atoms with van der Waals surface area (Å²) in [6.45, 7) is 6.75. The molecule has 0 bridgehead atoms. The number of rotatable bonds is 3. The second-order valence-corrected chi connectivity index (χ2v) is 8.95. The maximum absolute atomic E-state index is 13.6. The van der Waals surface area contributed by atoms with Crippen LogP contribution in [0.5, 0.6) is 0 Å². The van der Waals surface area contributed by atoms with Gasteiger partial charge in [-0.3, -0.25) is 9.59 Å². The lowest BCUT2D eigenvalue weighted by Gasteiger charge is -2.35. The van der Waals surface area contributed by atoms with Gasteiger partial charge >= 0.3 is 0 Å². The molecule has 10 heteroatoms. The number of carbonyl (C=O) groups is 2. The molecule has 0 radical (unpaired) electrons. The Bertz CT molecular complexity index is 1470. The van der Waals surface area contributed by atoms with E-state index in [2.05, 4.69) is 10.1 Å². The van der Waals surface area contributed by atoms with Crippen LogP contribution in [-0.2, 0) is 0 Å². The van der Waals surface area contributed by atoms with Crippen molar-refractivity contribution < 1.29 is 22.9 Å². The van der Waals surface area contributed by atoms with E-state index in [4.69, 9.17) is 20.5 Å². The number of carbonyl (C=O) groups excluding carboxylic acids is 2. The number of nitrogens with zero attached hydrogens (tertiary/aromatic N) is 4. The number of aryl methyl sites for hydroxylation is 3. The van der Waals surface area contributed by atoms with E-state index in [1.165, 1.54) is 12.1 Å². The number of hydrogen-bond acceptors (Lipinski definition) is 6. The van der Waals surface area contributed by atoms with Crippen LogP contribution in [0, 0.1) is 26.6 Å². The van der Waals surface area contributed by atoms with Crippen LogP contribution in [0.4, 0.5) is 4.39 Å². The van der Waals surface area contributed by atoms with E-state index in [1.807, 2.05) is 19.9 Å². The summed E-state index contributed by atoms with van der Waals surface area (Å²) in [6, 6.07) is 7.30. The average Bonchev–Trinajstić information content (AvgIpc) is 3.38. The fourth-order valence-electron chi connectivity index (χ4n) is 4.40. The number of fused-ring (bicyclic) bond motifs is 1. The zero-order valence-electron chi connectivity index (χ0n) is 19.4. The van der Waals surface area contributed by atoms with Gasteiger partial charge in [-0.1, -0.05) is 16.8 Å². The van der Waals surface area contributed by atoms with Crippen LogP contribution < -0.4 is 0 Å². The van der Waals surface area contributed by atoms with Crippen LogP contribution in [0.2, 0.25) is 5.02 Å². The molecule has 0 spiro atoms. The molecule has 1 fully saturated rings. The van der Waals surface area contributed by atoms with Crippen molar-refractivity contribution in [3.05, 3.63) is 69.5 Å². The van der Waals surface area contributed by atoms with Gasteiger partial charge in [0.15, 0.2) is 0 Å². The first-order valence-electron chi connectivity index (χ1n) is 11.1. The Hall–Kier alpha value is -3.72. The first kappa shape index (κ1) is 23.0. The van der Waals surface area contributed by atoms with Crippen molar-refractivity contribution in [3.63, 3.8) is 0 Å². The normalized spacial score (nSPS) is 14.1. The van der Waals surface area contributed by atoms with Gasteiger partial charge in [0.25, 0.3) is 17.5 Å². The van der Waals surface area contributed by atoms with E-state index in [0.717, 1.165) is 17.4 Å². The van der Waals surface area contributed by atoms with Gasteiger partial charge in [0.1, 0.15) is 17.3 Å². The van der Waals surface area contributed by atoms with Gasteiger partial charge in [0.2, 0.25) is 0 Å². The minimum atomic E-state index is -0.505. The summed E-state index contributed by atoms with van der Waals surface area (Å²) >= 11 is 6.06. The maximum atomic E-state index is 13.6. The molecule has 0 aliphatic carbocycles. The van der Waals surface area contributed by atoms with Crippen molar-refractivity contribution in [3.8, 4) is 11.3 Å². The molecule has 0 unspecified atom stereocenters. The molecule has 2 amide bonds. The number of benzene rings is 1. The molecule has 1 aliphatic rings. The number of halogens is 2. The highest BCUT2D eigenvalue weighted by atomic mass is 35.5. The van der Waals surface area contributed by atoms with Gasteiger partial charge in [-0.2, -0.15) is 0 Å². The molecular weight excluding hydrogens is 475 g/mol. The highest BCUT2D eigenvalue weighted by Crippen LogP contribution is 2.31. The monoisotopic (exact) mass is 496 g/mol. The van der Waals surface area contributed by atoms with Gasteiger partial charge in [-0.15, -0.1) is 0 Å². The van der Waals surface area contributed by atoms with E-state index in [9.17, 15) is 14.0 Å². The van der Waals surface area contributed by atoms with Crippen molar-refractivity contribution in [2.75, 3.05) is 26.2 Å². The topological polar surface area (TPSA) is 92.7 Å². The summed E-state index contributed by atoms with van der Waals surface area (Å²) < 4.78 is 24.4. The fraction of sp³-hybridized carbons (Fsp3) is 0.280. The smallest absolute Gasteiger partial charge is 0.259 e. The SMILES string of the molecule is Cc1cc(-c2cc(C(=O)N3CCN(C(=O)c4ccc(F)cc4Cl)CC3)c3c(C)noc3n2)c(C)o1. The van der Waals surface area contributed by atoms with E-state index < -0.39 is 5.82 Å². The first-order valence-corrected chi connectivity index (χ1v) is 11.5. The van der Waals surface area contributed by atoms with Crippen molar-refractivity contribution in [2.24, 2.45) is 0 Å². The molecule has 0 N–H and O–H groups in total. The van der Waals surface area contributed by atoms with Crippen LogP contribution in [0.3, 0.4) is 0 Å². The summed E-state index contributed by atoms with van der Waals surface area (Å²) in [7, 11) is 0. The van der Waals surface area contributed by atoms with Crippen molar-refractivity contribution in [1.29, 1.82) is 0 Å². The minimum absolute atomic E-state index is 0.0629. The molecule has 5 rings (SSSR count). The number of piperazine rings is 1. The second kappa shape index (κ2) is 8.81. The quantitative estimate of drug-likeness (QED) is 0.404. The van der Waals surface area contributed by atoms with Crippen LogP contribution in [-0.4, -0.2) is 57.9 Å². The maximum Gasteiger partial charge on any atom is 0.259 e. The van der Waals surface area contributed by atoms with Gasteiger partial charge in [0, 0.05) is 31.7 Å². The first-order chi connectivity index (χ1) is 16.7. The molecule has 3 aromatic heterocycles. The van der Waals surface area contributed by atoms with Crippen molar-refractivity contribution in [1.82, 2.24) is 19.9 Å². The Labute approximate surface area is 205 Å². The zero-order chi connectivity index (χ0) is 24.9. The third-order valence-electron chi connectivity index (χ3n) is 6.18. The number of furan rings is 1. The van der Waals surface area contributed by atoms with Crippen molar-refractivity contribution >= 4 is 34.5 Å². The molecule has 4 aromatic rings. The average molecular weight is 497 g/mol. The van der Waals surface area contributed by atoms with Crippen LogP contribution in [0.25, 0.3) is 22.4 Å². The largest absolute Gasteiger partial charge is 0.466 e. The molecular formula is C25H22ClFN4O4. The highest BCUT2D eigenvalue weighted by Gasteiger charge is 2.29. The predicted octanol–water partition coefficient (Wildman–Crippen LogP) is 4.80. The Balaban J connectivity index is 1.40. The third kappa shape index (κ3) is 4.16. The zero-order valence-corrected chi connectivity index (χ0v) is 20.1. The highest BCUT2D eigenvalue weighted by molar-refractivity contribution is 6.33. The fourth-order valence-corrected chi connectivity index (χ4v) is 4.65. The van der Waals surface area contributed by atoms with Crippen LogP contribution in [0.15, 0.2) is 39.3 Å². The molecule has 180 valence electrons. The number of pyridine rings is 1. The summed E-state index contributed by atoms with van der Waals surface area (Å²) in [5, 5.41) is 4.63. The lowest BCUT2D eigenvalue weighted by molar-refractivity contribution is 0.0536. The standard InChI is InChI=1S/C25H22ClFN4O4/c1-13-10-18(15(3)34-13)21-12-19(22-14(2)29-35-23(22)28-21)25(33)31-8-6-30(7-9-31)24(32)17-5-4-16(27)11-20(17)26/h4-5,10-12H,6-9H2,1-3H3. The van der Waals surface area contributed by atoms with Gasteiger partial charge in [-0.25, -0.2) is 9.37 Å². The Kier molecular flexibility index (Phi) is 5.80. The lowest BCUT2D eigenvalue weighted by Crippen LogP contribution is -2.50. The lowest BCUT2D eigenvalue weighted by atomic mass is 10.0. The number of aromatic nitrogens is 2. The van der Waals surface area contributed by atoms with Gasteiger partial charge in [-0.05, 0) is 51.1 Å². The Morgan fingerprint density at radius 2 is 1.63 bits per heavy atom. The Morgan fingerprint density at radius 3 is 2.23 bits per heavy atom. The van der Waals surface area contributed by atoms with Gasteiger partial charge < -0.3 is 18.7 Å². The van der Waals surface area contributed by atoms with E-state index in [1.54, 1.807) is 22.8 Å². The molecule has 0 saturated carbocycles. The molecule has 8 nitrogen and oxygen atoms in total. The molecule has 35 heavy (non-hydrogen) atoms. The molecule has 1 aliphatic heterocycles. The summed E-state index contributed by atoms with van der Waals surface area (Å²) in [5.41, 5.74) is 2.86. The Morgan fingerprint density at radius 1 is 0.971 bits per heavy atom.